The number of ether oxygens (including phenoxy) is 1. The zero-order valence-electron chi connectivity index (χ0n) is 19.4. The third kappa shape index (κ3) is 6.03. The van der Waals surface area contributed by atoms with Gasteiger partial charge in [-0.1, -0.05) is 18.2 Å². The summed E-state index contributed by atoms with van der Waals surface area (Å²) in [4.78, 5) is 31.6. The Balaban J connectivity index is 0.000000384. The Bertz CT molecular complexity index is 1190. The van der Waals surface area contributed by atoms with E-state index < -0.39 is 12.1 Å². The number of carboxylic acid groups (broad SMARTS) is 1. The van der Waals surface area contributed by atoms with Crippen LogP contribution in [0.1, 0.15) is 23.2 Å². The van der Waals surface area contributed by atoms with Crippen LogP contribution in [-0.4, -0.2) is 83.4 Å². The van der Waals surface area contributed by atoms with E-state index in [1.807, 2.05) is 47.4 Å². The van der Waals surface area contributed by atoms with Gasteiger partial charge in [0.25, 0.3) is 5.91 Å². The fourth-order valence-electron chi connectivity index (χ4n) is 4.45. The molecule has 0 saturated carbocycles. The van der Waals surface area contributed by atoms with E-state index in [2.05, 4.69) is 4.90 Å². The van der Waals surface area contributed by atoms with E-state index in [1.54, 1.807) is 6.26 Å². The first kappa shape index (κ1) is 25.6. The van der Waals surface area contributed by atoms with Gasteiger partial charge in [0.15, 0.2) is 5.76 Å². The monoisotopic (exact) mass is 505 g/mol. The highest BCUT2D eigenvalue weighted by Crippen LogP contribution is 2.27. The summed E-state index contributed by atoms with van der Waals surface area (Å²) in [7, 11) is 0. The van der Waals surface area contributed by atoms with Crippen LogP contribution in [0.4, 0.5) is 13.2 Å². The van der Waals surface area contributed by atoms with E-state index >= 15 is 0 Å². The van der Waals surface area contributed by atoms with Crippen molar-refractivity contribution in [1.29, 1.82) is 0 Å². The second kappa shape index (κ2) is 11.1. The smallest absolute Gasteiger partial charge is 0.475 e. The van der Waals surface area contributed by atoms with Crippen LogP contribution in [0, 0.1) is 0 Å². The van der Waals surface area contributed by atoms with E-state index in [1.165, 1.54) is 0 Å². The SMILES string of the molecule is O=C(O)C(F)(F)F.O=C(c1cc(-c2ccco2)nc2ccccc12)N1CCC(N2CCOCC2)CC1. The number of alkyl halides is 3. The molecule has 11 heteroatoms. The van der Waals surface area contributed by atoms with E-state index in [4.69, 9.17) is 24.0 Å². The Kier molecular flexibility index (Phi) is 7.90. The van der Waals surface area contributed by atoms with Gasteiger partial charge in [-0.3, -0.25) is 9.69 Å². The van der Waals surface area contributed by atoms with Crippen LogP contribution < -0.4 is 0 Å². The predicted molar refractivity (Wildman–Crippen MR) is 124 cm³/mol. The summed E-state index contributed by atoms with van der Waals surface area (Å²) in [6.45, 7) is 5.21. The van der Waals surface area contributed by atoms with Crippen LogP contribution >= 0.6 is 0 Å². The number of rotatable bonds is 3. The van der Waals surface area contributed by atoms with Crippen molar-refractivity contribution in [3.8, 4) is 11.5 Å². The molecule has 2 aliphatic rings. The van der Waals surface area contributed by atoms with Crippen LogP contribution in [0.25, 0.3) is 22.4 Å². The van der Waals surface area contributed by atoms with Crippen molar-refractivity contribution in [3.05, 3.63) is 54.3 Å². The summed E-state index contributed by atoms with van der Waals surface area (Å²) in [5.41, 5.74) is 2.21. The Morgan fingerprint density at radius 2 is 1.67 bits per heavy atom. The molecule has 1 aromatic carbocycles. The standard InChI is InChI=1S/C23H25N3O3.C2HF3O2/c27-23(26-9-7-17(8-10-26)25-11-14-28-15-12-25)19-16-21(22-6-3-13-29-22)24-20-5-2-1-4-18(19)20;3-2(4,5)1(6)7/h1-6,13,16-17H,7-12,14-15H2;(H,6,7). The Morgan fingerprint density at radius 1 is 1.00 bits per heavy atom. The van der Waals surface area contributed by atoms with Crippen LogP contribution in [0.2, 0.25) is 0 Å². The molecule has 8 nitrogen and oxygen atoms in total. The van der Waals surface area contributed by atoms with Crippen molar-refractivity contribution in [1.82, 2.24) is 14.8 Å². The van der Waals surface area contributed by atoms with Gasteiger partial charge >= 0.3 is 12.1 Å². The van der Waals surface area contributed by atoms with Crippen molar-refractivity contribution < 1.29 is 37.0 Å². The number of likely N-dealkylation sites (tertiary alicyclic amines) is 1. The number of piperidine rings is 1. The summed E-state index contributed by atoms with van der Waals surface area (Å²) in [5.74, 6) is -2.00. The van der Waals surface area contributed by atoms with E-state index in [9.17, 15) is 18.0 Å². The maximum absolute atomic E-state index is 13.5. The number of para-hydroxylation sites is 1. The molecule has 0 atom stereocenters. The van der Waals surface area contributed by atoms with Gasteiger partial charge in [0, 0.05) is 37.6 Å². The molecule has 0 unspecified atom stereocenters. The number of pyridine rings is 1. The van der Waals surface area contributed by atoms with Gasteiger partial charge in [0.2, 0.25) is 0 Å². The maximum atomic E-state index is 13.5. The van der Waals surface area contributed by atoms with Gasteiger partial charge in [0.1, 0.15) is 5.69 Å². The molecule has 2 aliphatic heterocycles. The maximum Gasteiger partial charge on any atom is 0.490 e. The largest absolute Gasteiger partial charge is 0.490 e. The molecule has 2 aromatic heterocycles. The number of carbonyl (C=O) groups is 2. The minimum Gasteiger partial charge on any atom is -0.475 e. The summed E-state index contributed by atoms with van der Waals surface area (Å²) < 4.78 is 42.7. The topological polar surface area (TPSA) is 96.1 Å². The lowest BCUT2D eigenvalue weighted by atomic mass is 10.00. The highest BCUT2D eigenvalue weighted by atomic mass is 19.4. The molecular weight excluding hydrogens is 479 g/mol. The summed E-state index contributed by atoms with van der Waals surface area (Å²) >= 11 is 0. The first-order chi connectivity index (χ1) is 17.2. The molecule has 2 saturated heterocycles. The fourth-order valence-corrected chi connectivity index (χ4v) is 4.45. The van der Waals surface area contributed by atoms with Crippen LogP contribution in [0.15, 0.2) is 53.1 Å². The number of morpholine rings is 1. The first-order valence-electron chi connectivity index (χ1n) is 11.6. The van der Waals surface area contributed by atoms with Crippen LogP contribution in [0.3, 0.4) is 0 Å². The zero-order valence-corrected chi connectivity index (χ0v) is 19.4. The minimum atomic E-state index is -5.08. The molecule has 1 N–H and O–H groups in total. The molecule has 0 radical (unpaired) electrons. The van der Waals surface area contributed by atoms with E-state index in [0.29, 0.717) is 23.1 Å². The van der Waals surface area contributed by atoms with Crippen LogP contribution in [-0.2, 0) is 9.53 Å². The third-order valence-electron chi connectivity index (χ3n) is 6.28. The second-order valence-corrected chi connectivity index (χ2v) is 8.52. The van der Waals surface area contributed by atoms with Crippen molar-refractivity contribution >= 4 is 22.8 Å². The minimum absolute atomic E-state index is 0.0804. The summed E-state index contributed by atoms with van der Waals surface area (Å²) in [5, 5.41) is 8.02. The van der Waals surface area contributed by atoms with Gasteiger partial charge in [-0.05, 0) is 37.1 Å². The lowest BCUT2D eigenvalue weighted by Gasteiger charge is -2.40. The number of carbonyl (C=O) groups excluding carboxylic acids is 1. The van der Waals surface area contributed by atoms with Crippen molar-refractivity contribution in [2.75, 3.05) is 39.4 Å². The number of benzene rings is 1. The highest BCUT2D eigenvalue weighted by Gasteiger charge is 2.38. The molecule has 3 aromatic rings. The highest BCUT2D eigenvalue weighted by molar-refractivity contribution is 6.07. The number of furan rings is 1. The molecule has 36 heavy (non-hydrogen) atoms. The van der Waals surface area contributed by atoms with Gasteiger partial charge in [0.05, 0.1) is 30.6 Å². The van der Waals surface area contributed by atoms with Gasteiger partial charge in [-0.15, -0.1) is 0 Å². The molecular formula is C25H26F3N3O5. The molecule has 0 aliphatic carbocycles. The number of aromatic nitrogens is 1. The number of halogens is 3. The molecule has 192 valence electrons. The Labute approximate surface area is 205 Å². The number of amides is 1. The molecule has 5 rings (SSSR count). The second-order valence-electron chi connectivity index (χ2n) is 8.52. The summed E-state index contributed by atoms with van der Waals surface area (Å²) in [6, 6.07) is 14.0. The normalized spacial score (nSPS) is 17.5. The predicted octanol–water partition coefficient (Wildman–Crippen LogP) is 4.06. The van der Waals surface area contributed by atoms with Crippen molar-refractivity contribution in [3.63, 3.8) is 0 Å². The fraction of sp³-hybridized carbons (Fsp3) is 0.400. The van der Waals surface area contributed by atoms with Crippen molar-refractivity contribution in [2.24, 2.45) is 0 Å². The van der Waals surface area contributed by atoms with Crippen LogP contribution in [0.5, 0.6) is 0 Å². The van der Waals surface area contributed by atoms with Gasteiger partial charge in [-0.25, -0.2) is 9.78 Å². The average molecular weight is 505 g/mol. The van der Waals surface area contributed by atoms with E-state index in [-0.39, 0.29) is 5.91 Å². The quantitative estimate of drug-likeness (QED) is 0.573. The number of carboxylic acids is 1. The lowest BCUT2D eigenvalue weighted by Crippen LogP contribution is -2.50. The molecule has 2 fully saturated rings. The number of fused-ring (bicyclic) bond motifs is 1. The van der Waals surface area contributed by atoms with Crippen molar-refractivity contribution in [2.45, 2.75) is 25.1 Å². The third-order valence-corrected chi connectivity index (χ3v) is 6.28. The molecule has 0 bridgehead atoms. The van der Waals surface area contributed by atoms with Gasteiger partial charge < -0.3 is 19.2 Å². The first-order valence-corrected chi connectivity index (χ1v) is 11.6. The average Bonchev–Trinajstić information content (AvgIpc) is 3.43. The zero-order chi connectivity index (χ0) is 25.7. The molecule has 1 amide bonds. The number of nitrogens with zero attached hydrogens (tertiary/aromatic N) is 3. The molecule has 4 heterocycles. The van der Waals surface area contributed by atoms with Gasteiger partial charge in [-0.2, -0.15) is 13.2 Å². The summed E-state index contributed by atoms with van der Waals surface area (Å²) in [6.07, 6.45) is -1.43. The Hall–Kier alpha value is -3.44. The lowest BCUT2D eigenvalue weighted by molar-refractivity contribution is -0.192. The number of hydrogen-bond donors (Lipinski definition) is 1. The molecule has 0 spiro atoms. The Morgan fingerprint density at radius 3 is 2.28 bits per heavy atom. The number of hydrogen-bond acceptors (Lipinski definition) is 6. The van der Waals surface area contributed by atoms with E-state index in [0.717, 1.165) is 63.1 Å². The number of aliphatic carboxylic acids is 1.